The first kappa shape index (κ1) is 14.6. The van der Waals surface area contributed by atoms with Crippen LogP contribution in [0, 0.1) is 5.92 Å². The molecule has 4 heteroatoms. The van der Waals surface area contributed by atoms with E-state index >= 15 is 0 Å². The van der Waals surface area contributed by atoms with Gasteiger partial charge in [-0.2, -0.15) is 0 Å². The smallest absolute Gasteiger partial charge is 0.306 e. The summed E-state index contributed by atoms with van der Waals surface area (Å²) < 4.78 is 0. The van der Waals surface area contributed by atoms with Gasteiger partial charge in [0.1, 0.15) is 0 Å². The number of carbonyl (C=O) groups excluding carboxylic acids is 1. The molecule has 0 radical (unpaired) electrons. The van der Waals surface area contributed by atoms with Gasteiger partial charge in [0.15, 0.2) is 0 Å². The summed E-state index contributed by atoms with van der Waals surface area (Å²) in [4.78, 5) is 25.1. The lowest BCUT2D eigenvalue weighted by atomic mass is 9.96. The SMILES string of the molecule is CC(C)c1cccc(C(=O)N2CCC(C(=O)O)CC2)c1. The largest absolute Gasteiger partial charge is 0.481 e. The normalized spacial score (nSPS) is 16.4. The van der Waals surface area contributed by atoms with E-state index < -0.39 is 5.97 Å². The molecular weight excluding hydrogens is 254 g/mol. The average molecular weight is 275 g/mol. The van der Waals surface area contributed by atoms with E-state index in [1.807, 2.05) is 24.3 Å². The maximum absolute atomic E-state index is 12.4. The first-order chi connectivity index (χ1) is 9.49. The number of aliphatic carboxylic acids is 1. The lowest BCUT2D eigenvalue weighted by Crippen LogP contribution is -2.40. The van der Waals surface area contributed by atoms with E-state index in [2.05, 4.69) is 13.8 Å². The number of hydrogen-bond donors (Lipinski definition) is 1. The number of carbonyl (C=O) groups is 2. The maximum atomic E-state index is 12.4. The Hall–Kier alpha value is -1.84. The van der Waals surface area contributed by atoms with Gasteiger partial charge in [0.05, 0.1) is 5.92 Å². The van der Waals surface area contributed by atoms with Gasteiger partial charge in [-0.15, -0.1) is 0 Å². The minimum Gasteiger partial charge on any atom is -0.481 e. The summed E-state index contributed by atoms with van der Waals surface area (Å²) in [6.07, 6.45) is 1.09. The van der Waals surface area contributed by atoms with E-state index in [9.17, 15) is 9.59 Å². The van der Waals surface area contributed by atoms with Crippen molar-refractivity contribution >= 4 is 11.9 Å². The van der Waals surface area contributed by atoms with Crippen molar-refractivity contribution in [2.24, 2.45) is 5.92 Å². The Morgan fingerprint density at radius 3 is 2.45 bits per heavy atom. The zero-order chi connectivity index (χ0) is 14.7. The molecule has 0 atom stereocenters. The number of rotatable bonds is 3. The van der Waals surface area contributed by atoms with E-state index in [-0.39, 0.29) is 11.8 Å². The van der Waals surface area contributed by atoms with Crippen LogP contribution in [0.5, 0.6) is 0 Å². The van der Waals surface area contributed by atoms with Crippen molar-refractivity contribution in [3.63, 3.8) is 0 Å². The minimum atomic E-state index is -0.751. The standard InChI is InChI=1S/C16H21NO3/c1-11(2)13-4-3-5-14(10-13)15(18)17-8-6-12(7-9-17)16(19)20/h3-5,10-12H,6-9H2,1-2H3,(H,19,20). The van der Waals surface area contributed by atoms with E-state index in [0.29, 0.717) is 37.4 Å². The average Bonchev–Trinajstić information content (AvgIpc) is 2.46. The van der Waals surface area contributed by atoms with Gasteiger partial charge in [0.25, 0.3) is 5.91 Å². The molecule has 1 amide bonds. The number of likely N-dealkylation sites (tertiary alicyclic amines) is 1. The van der Waals surface area contributed by atoms with Crippen molar-refractivity contribution in [3.05, 3.63) is 35.4 Å². The molecule has 1 N–H and O–H groups in total. The third kappa shape index (κ3) is 3.18. The number of nitrogens with zero attached hydrogens (tertiary/aromatic N) is 1. The van der Waals surface area contributed by atoms with Crippen molar-refractivity contribution in [2.75, 3.05) is 13.1 Å². The van der Waals surface area contributed by atoms with Crippen LogP contribution in [0.2, 0.25) is 0 Å². The molecule has 1 saturated heterocycles. The molecule has 4 nitrogen and oxygen atoms in total. The lowest BCUT2D eigenvalue weighted by molar-refractivity contribution is -0.143. The van der Waals surface area contributed by atoms with Gasteiger partial charge in [0, 0.05) is 18.7 Å². The molecule has 20 heavy (non-hydrogen) atoms. The van der Waals surface area contributed by atoms with Crippen LogP contribution in [0.4, 0.5) is 0 Å². The number of amides is 1. The molecule has 1 heterocycles. The third-order valence-corrected chi connectivity index (χ3v) is 3.93. The van der Waals surface area contributed by atoms with Crippen LogP contribution in [-0.2, 0) is 4.79 Å². The van der Waals surface area contributed by atoms with Gasteiger partial charge in [-0.25, -0.2) is 0 Å². The number of carboxylic acids is 1. The van der Waals surface area contributed by atoms with Crippen LogP contribution in [0.3, 0.4) is 0 Å². The van der Waals surface area contributed by atoms with Gasteiger partial charge >= 0.3 is 5.97 Å². The first-order valence-corrected chi connectivity index (χ1v) is 7.11. The van der Waals surface area contributed by atoms with Gasteiger partial charge in [-0.05, 0) is 36.5 Å². The Morgan fingerprint density at radius 1 is 1.25 bits per heavy atom. The Kier molecular flexibility index (Phi) is 4.42. The fraction of sp³-hybridized carbons (Fsp3) is 0.500. The topological polar surface area (TPSA) is 57.6 Å². The molecule has 0 aromatic heterocycles. The molecule has 0 unspecified atom stereocenters. The summed E-state index contributed by atoms with van der Waals surface area (Å²) in [6.45, 7) is 5.26. The number of benzene rings is 1. The Balaban J connectivity index is 2.05. The summed E-state index contributed by atoms with van der Waals surface area (Å²) in [7, 11) is 0. The van der Waals surface area contributed by atoms with Crippen LogP contribution >= 0.6 is 0 Å². The zero-order valence-corrected chi connectivity index (χ0v) is 12.0. The van der Waals surface area contributed by atoms with Crippen molar-refractivity contribution < 1.29 is 14.7 Å². The second-order valence-corrected chi connectivity index (χ2v) is 5.68. The summed E-state index contributed by atoms with van der Waals surface area (Å²) in [5.74, 6) is -0.656. The van der Waals surface area contributed by atoms with Crippen LogP contribution in [-0.4, -0.2) is 35.0 Å². The number of carboxylic acid groups (broad SMARTS) is 1. The second kappa shape index (κ2) is 6.07. The molecule has 0 spiro atoms. The summed E-state index contributed by atoms with van der Waals surface area (Å²) >= 11 is 0. The van der Waals surface area contributed by atoms with Gasteiger partial charge in [-0.3, -0.25) is 9.59 Å². The highest BCUT2D eigenvalue weighted by atomic mass is 16.4. The van der Waals surface area contributed by atoms with Crippen LogP contribution in [0.15, 0.2) is 24.3 Å². The van der Waals surface area contributed by atoms with Crippen molar-refractivity contribution in [3.8, 4) is 0 Å². The predicted molar refractivity (Wildman–Crippen MR) is 76.8 cm³/mol. The monoisotopic (exact) mass is 275 g/mol. The molecular formula is C16H21NO3. The highest BCUT2D eigenvalue weighted by Crippen LogP contribution is 2.21. The molecule has 0 saturated carbocycles. The van der Waals surface area contributed by atoms with Crippen LogP contribution in [0.25, 0.3) is 0 Å². The van der Waals surface area contributed by atoms with E-state index in [4.69, 9.17) is 5.11 Å². The van der Waals surface area contributed by atoms with E-state index in [1.54, 1.807) is 4.90 Å². The summed E-state index contributed by atoms with van der Waals surface area (Å²) in [6, 6.07) is 7.71. The van der Waals surface area contributed by atoms with Gasteiger partial charge in [0.2, 0.25) is 0 Å². The molecule has 108 valence electrons. The molecule has 1 aromatic rings. The van der Waals surface area contributed by atoms with Crippen LogP contribution < -0.4 is 0 Å². The van der Waals surface area contributed by atoms with Gasteiger partial charge < -0.3 is 10.0 Å². The first-order valence-electron chi connectivity index (χ1n) is 7.11. The van der Waals surface area contributed by atoms with E-state index in [0.717, 1.165) is 5.56 Å². The Labute approximate surface area is 119 Å². The molecule has 0 bridgehead atoms. The Morgan fingerprint density at radius 2 is 1.90 bits per heavy atom. The molecule has 1 aliphatic rings. The molecule has 0 aliphatic carbocycles. The van der Waals surface area contributed by atoms with Crippen molar-refractivity contribution in [1.82, 2.24) is 4.90 Å². The highest BCUT2D eigenvalue weighted by Gasteiger charge is 2.27. The fourth-order valence-electron chi connectivity index (χ4n) is 2.54. The van der Waals surface area contributed by atoms with Gasteiger partial charge in [-0.1, -0.05) is 26.0 Å². The predicted octanol–water partition coefficient (Wildman–Crippen LogP) is 2.75. The quantitative estimate of drug-likeness (QED) is 0.922. The highest BCUT2D eigenvalue weighted by molar-refractivity contribution is 5.94. The second-order valence-electron chi connectivity index (χ2n) is 5.68. The molecule has 1 aromatic carbocycles. The molecule has 1 fully saturated rings. The van der Waals surface area contributed by atoms with Crippen LogP contribution in [0.1, 0.15) is 48.5 Å². The summed E-state index contributed by atoms with van der Waals surface area (Å²) in [5, 5.41) is 8.97. The number of hydrogen-bond acceptors (Lipinski definition) is 2. The molecule has 1 aliphatic heterocycles. The third-order valence-electron chi connectivity index (χ3n) is 3.93. The lowest BCUT2D eigenvalue weighted by Gasteiger charge is -2.30. The summed E-state index contributed by atoms with van der Waals surface area (Å²) in [5.41, 5.74) is 1.85. The maximum Gasteiger partial charge on any atom is 0.306 e. The fourth-order valence-corrected chi connectivity index (χ4v) is 2.54. The van der Waals surface area contributed by atoms with Crippen molar-refractivity contribution in [1.29, 1.82) is 0 Å². The molecule has 2 rings (SSSR count). The van der Waals surface area contributed by atoms with Crippen molar-refractivity contribution in [2.45, 2.75) is 32.6 Å². The minimum absolute atomic E-state index is 0.0105. The van der Waals surface area contributed by atoms with E-state index in [1.165, 1.54) is 0 Å². The Bertz CT molecular complexity index is 502. The zero-order valence-electron chi connectivity index (χ0n) is 12.0. The number of piperidine rings is 1.